The van der Waals surface area contributed by atoms with Crippen molar-refractivity contribution in [3.63, 3.8) is 0 Å². The van der Waals surface area contributed by atoms with Gasteiger partial charge in [0.05, 0.1) is 74.0 Å². The molecule has 6 saturated heterocycles. The van der Waals surface area contributed by atoms with E-state index < -0.39 is 237 Å². The number of anilines is 2. The molecule has 0 spiro atoms. The number of piperidine rings is 2. The number of benzene rings is 4. The number of likely N-dealkylation sites (N-methyl/N-ethyl adjacent to an activating group) is 2. The van der Waals surface area contributed by atoms with Gasteiger partial charge in [-0.15, -0.1) is 0 Å². The molecular weight excluding hydrogens is 2080 g/mol. The quantitative estimate of drug-likeness (QED) is 0.00587. The topological polar surface area (TPSA) is 437 Å². The smallest absolute Gasteiger partial charge is 0.409 e. The number of carbonyl (C=O) groups is 12. The van der Waals surface area contributed by atoms with Crippen LogP contribution in [0.5, 0.6) is 23.0 Å². The van der Waals surface area contributed by atoms with Gasteiger partial charge >= 0.3 is 36.1 Å². The van der Waals surface area contributed by atoms with Crippen molar-refractivity contribution in [2.45, 2.75) is 238 Å². The number of carboxylic acid groups (broad SMARTS) is 1. The molecule has 35 nitrogen and oxygen atoms in total. The van der Waals surface area contributed by atoms with Gasteiger partial charge in [-0.2, -0.15) is 41.1 Å². The molecule has 8 aliphatic heterocycles. The number of fused-ring (bicyclic) bond motifs is 10. The number of phenolic OH excluding ortho intramolecular Hbond substituents is 1. The van der Waals surface area contributed by atoms with Gasteiger partial charge in [0.15, 0.2) is 17.2 Å². The Balaban J connectivity index is 0.000000361. The predicted octanol–water partition coefficient (Wildman–Crippen LogP) is 14.1. The lowest BCUT2D eigenvalue weighted by Gasteiger charge is -2.42. The molecular formula is C101H130Cl2F10N8O27S2. The van der Waals surface area contributed by atoms with Gasteiger partial charge in [-0.25, -0.2) is 45.5 Å². The molecule has 8 bridgehead atoms. The van der Waals surface area contributed by atoms with Crippen LogP contribution in [-0.2, 0) is 98.7 Å². The summed E-state index contributed by atoms with van der Waals surface area (Å²) in [6.07, 6.45) is 1.32. The molecule has 150 heavy (non-hydrogen) atoms. The highest BCUT2D eigenvalue weighted by Crippen LogP contribution is 2.52. The number of amides is 8. The Bertz CT molecular complexity index is 5640. The molecule has 12 rings (SSSR count). The fourth-order valence-electron chi connectivity index (χ4n) is 17.8. The van der Waals surface area contributed by atoms with Crippen LogP contribution in [0.15, 0.2) is 71.9 Å². The number of thioether (sulfide) groups is 2. The van der Waals surface area contributed by atoms with Gasteiger partial charge in [0.25, 0.3) is 0 Å². The number of esters is 3. The van der Waals surface area contributed by atoms with E-state index in [1.165, 1.54) is 99.7 Å². The first-order valence-corrected chi connectivity index (χ1v) is 49.7. The Morgan fingerprint density at radius 1 is 0.540 bits per heavy atom. The van der Waals surface area contributed by atoms with Crippen molar-refractivity contribution in [3.05, 3.63) is 151 Å². The second kappa shape index (κ2) is 53.4. The molecule has 0 aliphatic carbocycles. The average Bonchev–Trinajstić information content (AvgIpc) is 1.57. The van der Waals surface area contributed by atoms with Crippen molar-refractivity contribution < 1.29 is 174 Å². The molecule has 6 N–H and O–H groups in total. The molecule has 0 aromatic heterocycles. The Hall–Kier alpha value is -11.2. The summed E-state index contributed by atoms with van der Waals surface area (Å²) in [4.78, 5) is 167. The number of halogens is 12. The lowest BCUT2D eigenvalue weighted by Crippen LogP contribution is -2.63. The van der Waals surface area contributed by atoms with Crippen LogP contribution in [0.4, 0.5) is 64.9 Å². The summed E-state index contributed by atoms with van der Waals surface area (Å²) >= 11 is 16.0. The number of phenols is 1. The minimum absolute atomic E-state index is 0. The van der Waals surface area contributed by atoms with Gasteiger partial charge in [-0.3, -0.25) is 49.0 Å². The maximum atomic E-state index is 14.3. The van der Waals surface area contributed by atoms with Crippen LogP contribution in [0.2, 0.25) is 10.0 Å². The fraction of sp³-hybridized carbons (Fsp3) is 0.564. The fourth-order valence-corrected chi connectivity index (χ4v) is 20.1. The monoisotopic (exact) mass is 2210 g/mol. The Morgan fingerprint density at radius 2 is 0.880 bits per heavy atom. The summed E-state index contributed by atoms with van der Waals surface area (Å²) in [6, 6.07) is 4.76. The number of rotatable bonds is 23. The molecule has 8 amide bonds. The van der Waals surface area contributed by atoms with E-state index in [0.717, 1.165) is 34.0 Å². The van der Waals surface area contributed by atoms with Gasteiger partial charge in [0.1, 0.15) is 81.5 Å². The summed E-state index contributed by atoms with van der Waals surface area (Å²) in [5.41, 5.74) is -2.42. The van der Waals surface area contributed by atoms with Crippen LogP contribution < -0.4 is 34.6 Å². The van der Waals surface area contributed by atoms with Crippen LogP contribution in [0.1, 0.15) is 153 Å². The normalized spacial score (nSPS) is 26.6. The van der Waals surface area contributed by atoms with Crippen molar-refractivity contribution in [2.75, 3.05) is 116 Å². The molecule has 0 radical (unpaired) electrons. The second-order valence-corrected chi connectivity index (χ2v) is 40.3. The number of aromatic hydroxyl groups is 1. The van der Waals surface area contributed by atoms with E-state index in [1.54, 1.807) is 88.2 Å². The zero-order valence-electron chi connectivity index (χ0n) is 83.2. The molecule has 16 atom stereocenters. The molecule has 4 aromatic rings. The van der Waals surface area contributed by atoms with E-state index in [0.29, 0.717) is 67.4 Å². The number of carbonyl (C=O) groups excluding carboxylic acids is 11. The van der Waals surface area contributed by atoms with Gasteiger partial charge < -0.3 is 102 Å². The third kappa shape index (κ3) is 29.4. The molecule has 6 fully saturated rings. The standard InChI is InChI=1S/C49H58ClF5N4O13S.C43H59ClN4O13S.C6HF5O.3CH4/c1-24-10-9-11-32(68-8)49(66)22-31(69-47(65)56-49)25(2)44-48(4,72-44)33(21-35(61)58(6)29-19-27(18-24)20-30(67-7)37(29)50)70-45(63)26(3)57(5)34(60)14-17-73-23-36(62)59-15-12-28(13-16-59)46(64)71-43-41(54)39(52)38(51)40(53)42(43)55;1-24-10-9-11-32(58-8)43(56)22-31(59-41(55)45-43)25(2)38-42(4,61-38)33(21-35(50)47(6)29-19-27(18-24)20-30(57-7)37(29)44)60-40(54)26(3)46(5)34(49)14-17-62-23-36(51)48-15-12-28(13-16-48)39(52)53;7-1-2(8)4(10)6(12)5(11)3(1)9;;;/h9-11,19-20,25-26,28,31-33,44,66H,12-18,21-23H2,1-8H3,(H,56,65);9-11,19-20,25-26,28,31-33,38,56H,12-18,21-23H2,1-8H3,(H,45,55)(H,52,53);12H;3*1H4/b2*11-9+,24-10+;;;;/t25-,26-,31+,32-,33+,44+,48+,49+;25-,26-,31+,32-,33+,38+,42+,43+;;;;/m11..../s1. The van der Waals surface area contributed by atoms with E-state index in [-0.39, 0.29) is 125 Å². The third-order valence-electron chi connectivity index (χ3n) is 27.4. The number of hydrogen-bond donors (Lipinski definition) is 6. The Labute approximate surface area is 880 Å². The van der Waals surface area contributed by atoms with Crippen molar-refractivity contribution in [1.82, 2.24) is 30.2 Å². The zero-order chi connectivity index (χ0) is 109. The maximum absolute atomic E-state index is 14.3. The number of ether oxygens (including phenoxy) is 11. The van der Waals surface area contributed by atoms with Crippen molar-refractivity contribution in [1.29, 1.82) is 0 Å². The van der Waals surface area contributed by atoms with Gasteiger partial charge in [0, 0.05) is 118 Å². The predicted molar refractivity (Wildman–Crippen MR) is 532 cm³/mol. The lowest BCUT2D eigenvalue weighted by molar-refractivity contribution is -0.162. The number of nitrogens with one attached hydrogen (secondary N) is 2. The molecule has 4 aromatic carbocycles. The Morgan fingerprint density at radius 3 is 1.22 bits per heavy atom. The zero-order valence-corrected chi connectivity index (χ0v) is 86.4. The van der Waals surface area contributed by atoms with Crippen LogP contribution in [0, 0.1) is 81.8 Å². The minimum Gasteiger partial charge on any atom is -0.503 e. The number of hydrogen-bond acceptors (Lipinski definition) is 28. The lowest BCUT2D eigenvalue weighted by atomic mass is 9.83. The number of epoxide rings is 2. The molecule has 49 heteroatoms. The number of allylic oxidation sites excluding steroid dienone is 6. The van der Waals surface area contributed by atoms with Crippen LogP contribution in [0.3, 0.4) is 0 Å². The maximum Gasteiger partial charge on any atom is 0.409 e. The molecule has 8 aliphatic rings. The molecule has 832 valence electrons. The van der Waals surface area contributed by atoms with E-state index in [2.05, 4.69) is 15.4 Å². The summed E-state index contributed by atoms with van der Waals surface area (Å²) in [5, 5.41) is 46.5. The third-order valence-corrected chi connectivity index (χ3v) is 30.0. The van der Waals surface area contributed by atoms with Gasteiger partial charge in [0.2, 0.25) is 99.4 Å². The number of alkyl carbamates (subject to hydrolysis) is 2. The number of aliphatic hydroxyl groups is 2. The summed E-state index contributed by atoms with van der Waals surface area (Å²) < 4.78 is 192. The Kier molecular flexibility index (Phi) is 44.8. The second-order valence-electron chi connectivity index (χ2n) is 37.3. The van der Waals surface area contributed by atoms with Crippen molar-refractivity contribution in [3.8, 4) is 23.0 Å². The van der Waals surface area contributed by atoms with Gasteiger partial charge in [-0.05, 0) is 115 Å². The molecule has 8 heterocycles. The highest BCUT2D eigenvalue weighted by Gasteiger charge is 2.67. The number of carboxylic acids is 1. The number of nitrogens with zero attached hydrogens (tertiary/aromatic N) is 6. The highest BCUT2D eigenvalue weighted by atomic mass is 35.5. The van der Waals surface area contributed by atoms with E-state index in [1.807, 2.05) is 26.0 Å². The van der Waals surface area contributed by atoms with Crippen LogP contribution in [0.25, 0.3) is 0 Å². The average molecular weight is 2210 g/mol. The minimum atomic E-state index is -2.40. The summed E-state index contributed by atoms with van der Waals surface area (Å²) in [7, 11) is 11.6. The van der Waals surface area contributed by atoms with Gasteiger partial charge in [-0.1, -0.05) is 107 Å². The van der Waals surface area contributed by atoms with Crippen molar-refractivity contribution in [2.24, 2.45) is 23.7 Å². The highest BCUT2D eigenvalue weighted by molar-refractivity contribution is 8.00. The van der Waals surface area contributed by atoms with Crippen LogP contribution >= 0.6 is 46.7 Å². The van der Waals surface area contributed by atoms with E-state index in [9.17, 15) is 117 Å². The van der Waals surface area contributed by atoms with E-state index >= 15 is 0 Å². The first-order valence-electron chi connectivity index (χ1n) is 46.6. The van der Waals surface area contributed by atoms with Crippen LogP contribution in [-0.4, -0.2) is 301 Å². The van der Waals surface area contributed by atoms with Crippen molar-refractivity contribution >= 4 is 130 Å². The summed E-state index contributed by atoms with van der Waals surface area (Å²) in [6.45, 7) is 14.4. The van der Waals surface area contributed by atoms with E-state index in [4.69, 9.17) is 75.7 Å². The first kappa shape index (κ1) is 126. The molecule has 0 saturated carbocycles. The SMILES string of the molecule is C.C.C.COc1cc2cc(c1Cl)N(C)C(=O)C[C@H](OC(=O)[C@@H](C)N(C)C(=O)CCSCC(=O)N1CCC(C(=O)O)CC1)[C@]1(C)O[C@H]1[C@H](C)[C@@H]1C[C@@](O)(NC(=O)O1)[C@H](OC)/C=C/C=C(\C)C2.COc1cc2cc(c1Cl)N(C)C(=O)C[C@H](OC(=O)[C@@H](C)N(C)C(=O)CCSCC(=O)N1CCC(C(=O)Oc3c(F)c(F)c(F)c(F)c3F)CC1)[C@]1(C)O[C@H]1[C@H](C)[C@@H]1C[C@@](O)(NC(=O)O1)[C@H](OC)/C=C/C=C(\C)C2.Oc1c(F)c(F)c(F)c(F)c1F. The number of aliphatic carboxylic acids is 1. The first-order chi connectivity index (χ1) is 69.0. The number of methoxy groups -OCH3 is 4. The molecule has 0 unspecified atom stereocenters. The largest absolute Gasteiger partial charge is 0.503 e. The number of likely N-dealkylation sites (tertiary alicyclic amines) is 2. The summed E-state index contributed by atoms with van der Waals surface area (Å²) in [5.74, 6) is -33.7.